The Bertz CT molecular complexity index is 3520. The van der Waals surface area contributed by atoms with Crippen molar-refractivity contribution in [2.24, 2.45) is 10.3 Å². The van der Waals surface area contributed by atoms with Crippen LogP contribution >= 0.6 is 0 Å². The van der Waals surface area contributed by atoms with Crippen LogP contribution in [0.5, 0.6) is 0 Å². The Morgan fingerprint density at radius 2 is 0.696 bits per heavy atom. The van der Waals surface area contributed by atoms with Crippen LogP contribution in [0.15, 0.2) is 174 Å². The molecule has 0 aliphatic carbocycles. The molecule has 0 heterocycles. The molecule has 9 rings (SSSR count). The Balaban J connectivity index is 1.25. The first kappa shape index (κ1) is 46.2. The average Bonchev–Trinajstić information content (AvgIpc) is 3.35. The van der Waals surface area contributed by atoms with Gasteiger partial charge in [-0.3, -0.25) is 5.01 Å². The van der Waals surface area contributed by atoms with Crippen LogP contribution in [0.1, 0.15) is 47.2 Å². The molecule has 0 fully saturated rings. The molecule has 0 bridgehead atoms. The summed E-state index contributed by atoms with van der Waals surface area (Å²) in [7, 11) is -3.39. The molecule has 0 N–H and O–H groups in total. The maximum atomic E-state index is 4.76. The van der Waals surface area contributed by atoms with Crippen LogP contribution < -0.4 is 0 Å². The Morgan fingerprint density at radius 1 is 0.377 bits per heavy atom. The standard InChI is InChI=1S/C64H55N3Si2/c1-9-67(10-2)66-65-56-44-46(27-29-52-35-31-48-19-11-15-23-57(48)61(52)63-54(39-41-68(3,4)5)37-33-50-21-13-17-25-59(50)63)43-47(45-56)28-30-53-36-32-49-20-12-16-24-58(49)62(53)64-55(40-42-69(6,7)8)38-34-51-22-14-18-26-60(51)64/h11-26,31-38,43-45H,9-10H2,1-8H3. The third kappa shape index (κ3) is 10.5. The molecule has 0 unspecified atom stereocenters. The van der Waals surface area contributed by atoms with Gasteiger partial charge in [0.2, 0.25) is 0 Å². The minimum absolute atomic E-state index is 0.686. The van der Waals surface area contributed by atoms with E-state index < -0.39 is 16.1 Å². The normalized spacial score (nSPS) is 11.4. The topological polar surface area (TPSA) is 28.0 Å². The van der Waals surface area contributed by atoms with E-state index in [2.05, 4.69) is 257 Å². The van der Waals surface area contributed by atoms with E-state index >= 15 is 0 Å². The van der Waals surface area contributed by atoms with E-state index in [0.29, 0.717) is 5.69 Å². The second kappa shape index (κ2) is 19.7. The van der Waals surface area contributed by atoms with Gasteiger partial charge in [-0.2, -0.15) is 0 Å². The lowest BCUT2D eigenvalue weighted by Crippen LogP contribution is -2.16. The first-order valence-electron chi connectivity index (χ1n) is 23.9. The minimum atomic E-state index is -1.70. The second-order valence-corrected chi connectivity index (χ2v) is 28.9. The summed E-state index contributed by atoms with van der Waals surface area (Å²) in [4.78, 5) is 0. The van der Waals surface area contributed by atoms with E-state index in [0.717, 1.165) is 112 Å². The van der Waals surface area contributed by atoms with Gasteiger partial charge in [-0.1, -0.05) is 201 Å². The van der Waals surface area contributed by atoms with Crippen molar-refractivity contribution in [3.8, 4) is 68.9 Å². The van der Waals surface area contributed by atoms with Crippen LogP contribution in [0.3, 0.4) is 0 Å². The zero-order valence-electron chi connectivity index (χ0n) is 40.8. The molecule has 5 heteroatoms. The zero-order chi connectivity index (χ0) is 48.1. The van der Waals surface area contributed by atoms with Crippen LogP contribution in [0.4, 0.5) is 5.69 Å². The third-order valence-electron chi connectivity index (χ3n) is 12.0. The van der Waals surface area contributed by atoms with Crippen molar-refractivity contribution in [3.05, 3.63) is 197 Å². The van der Waals surface area contributed by atoms with Gasteiger partial charge >= 0.3 is 0 Å². The van der Waals surface area contributed by atoms with E-state index in [1.165, 1.54) is 0 Å². The van der Waals surface area contributed by atoms with Crippen molar-refractivity contribution >= 4 is 64.9 Å². The van der Waals surface area contributed by atoms with Gasteiger partial charge in [0.05, 0.1) is 5.69 Å². The maximum Gasteiger partial charge on any atom is 0.129 e. The van der Waals surface area contributed by atoms with Gasteiger partial charge in [-0.25, -0.2) is 0 Å². The molecule has 9 aromatic rings. The molecule has 9 aromatic carbocycles. The SMILES string of the molecule is CCN(CC)N=Nc1cc(C#Cc2ccc3ccccc3c2-c2c(C#C[Si](C)(C)C)ccc3ccccc23)cc(C#Cc2ccc3ccccc3c2-c2c(C#C[Si](C)(C)C)ccc3ccccc23)c1. The van der Waals surface area contributed by atoms with Gasteiger partial charge < -0.3 is 0 Å². The summed E-state index contributed by atoms with van der Waals surface area (Å²) in [6.07, 6.45) is 0. The highest BCUT2D eigenvalue weighted by atomic mass is 28.3. The van der Waals surface area contributed by atoms with Crippen molar-refractivity contribution in [3.63, 3.8) is 0 Å². The molecule has 0 saturated carbocycles. The van der Waals surface area contributed by atoms with Crippen molar-refractivity contribution < 1.29 is 0 Å². The Labute approximate surface area is 410 Å². The predicted octanol–water partition coefficient (Wildman–Crippen LogP) is 16.2. The highest BCUT2D eigenvalue weighted by Crippen LogP contribution is 2.41. The van der Waals surface area contributed by atoms with E-state index in [4.69, 9.17) is 5.11 Å². The molecular weight excluding hydrogens is 867 g/mol. The first-order chi connectivity index (χ1) is 33.4. The highest BCUT2D eigenvalue weighted by Gasteiger charge is 2.19. The largest absolute Gasteiger partial charge is 0.279 e. The number of nitrogens with zero attached hydrogens (tertiary/aromatic N) is 3. The summed E-state index contributed by atoms with van der Waals surface area (Å²) >= 11 is 0. The van der Waals surface area contributed by atoms with E-state index in [-0.39, 0.29) is 0 Å². The van der Waals surface area contributed by atoms with E-state index in [1.54, 1.807) is 0 Å². The van der Waals surface area contributed by atoms with Gasteiger partial charge in [0, 0.05) is 68.7 Å². The molecule has 334 valence electrons. The smallest absolute Gasteiger partial charge is 0.129 e. The first-order valence-corrected chi connectivity index (χ1v) is 30.9. The molecule has 3 nitrogen and oxygen atoms in total. The maximum absolute atomic E-state index is 4.76. The van der Waals surface area contributed by atoms with Crippen molar-refractivity contribution in [2.45, 2.75) is 53.1 Å². The Kier molecular flexibility index (Phi) is 13.2. The summed E-state index contributed by atoms with van der Waals surface area (Å²) in [5, 5.41) is 20.5. The summed E-state index contributed by atoms with van der Waals surface area (Å²) in [5.41, 5.74) is 17.9. The monoisotopic (exact) mass is 921 g/mol. The van der Waals surface area contributed by atoms with Crippen molar-refractivity contribution in [1.29, 1.82) is 0 Å². The number of hydrogen-bond acceptors (Lipinski definition) is 2. The quantitative estimate of drug-likeness (QED) is 0.0707. The van der Waals surface area contributed by atoms with Gasteiger partial charge in [-0.05, 0) is 99.4 Å². The molecule has 0 atom stereocenters. The predicted molar refractivity (Wildman–Crippen MR) is 300 cm³/mol. The van der Waals surface area contributed by atoms with Gasteiger partial charge in [0.15, 0.2) is 0 Å². The molecule has 69 heavy (non-hydrogen) atoms. The van der Waals surface area contributed by atoms with Crippen LogP contribution in [0, 0.1) is 46.6 Å². The second-order valence-electron chi connectivity index (χ2n) is 19.4. The zero-order valence-corrected chi connectivity index (χ0v) is 42.8. The number of rotatable bonds is 6. The molecule has 0 amide bonds. The fourth-order valence-electron chi connectivity index (χ4n) is 8.65. The summed E-state index contributed by atoms with van der Waals surface area (Å²) in [6, 6.07) is 57.9. The molecule has 0 spiro atoms. The molecule has 0 aliphatic heterocycles. The number of fused-ring (bicyclic) bond motifs is 4. The van der Waals surface area contributed by atoms with E-state index in [9.17, 15) is 0 Å². The van der Waals surface area contributed by atoms with Crippen LogP contribution in [-0.2, 0) is 0 Å². The van der Waals surface area contributed by atoms with E-state index in [1.807, 2.05) is 17.1 Å². The van der Waals surface area contributed by atoms with Crippen LogP contribution in [0.2, 0.25) is 39.3 Å². The molecular formula is C64H55N3Si2. The molecule has 0 aliphatic rings. The van der Waals surface area contributed by atoms with Gasteiger partial charge in [-0.15, -0.1) is 16.2 Å². The van der Waals surface area contributed by atoms with Crippen molar-refractivity contribution in [2.75, 3.05) is 13.1 Å². The lowest BCUT2D eigenvalue weighted by atomic mass is 9.87. The molecule has 0 radical (unpaired) electrons. The fourth-order valence-corrected chi connectivity index (χ4v) is 9.67. The summed E-state index contributed by atoms with van der Waals surface area (Å²) < 4.78 is 0. The lowest BCUT2D eigenvalue weighted by Gasteiger charge is -2.16. The number of hydrogen-bond donors (Lipinski definition) is 0. The lowest BCUT2D eigenvalue weighted by molar-refractivity contribution is 0.301. The Morgan fingerprint density at radius 3 is 1.01 bits per heavy atom. The van der Waals surface area contributed by atoms with Crippen LogP contribution in [-0.4, -0.2) is 34.2 Å². The fraction of sp³-hybridized carbons (Fsp3) is 0.156. The summed E-state index contributed by atoms with van der Waals surface area (Å²) in [5.74, 6) is 21.8. The highest BCUT2D eigenvalue weighted by molar-refractivity contribution is 6.84. The van der Waals surface area contributed by atoms with Crippen LogP contribution in [0.25, 0.3) is 65.3 Å². The minimum Gasteiger partial charge on any atom is -0.279 e. The van der Waals surface area contributed by atoms with Crippen molar-refractivity contribution in [1.82, 2.24) is 5.01 Å². The average molecular weight is 922 g/mol. The van der Waals surface area contributed by atoms with Gasteiger partial charge in [0.25, 0.3) is 0 Å². The summed E-state index contributed by atoms with van der Waals surface area (Å²) in [6.45, 7) is 19.4. The molecule has 0 saturated heterocycles. The van der Waals surface area contributed by atoms with Gasteiger partial charge in [0.1, 0.15) is 16.1 Å². The molecule has 0 aromatic heterocycles. The Hall–Kier alpha value is -7.91. The third-order valence-corrected chi connectivity index (χ3v) is 13.7. The number of benzene rings is 9.